The highest BCUT2D eigenvalue weighted by Gasteiger charge is 2.65. The number of hydrogen-bond acceptors (Lipinski definition) is 1. The first kappa shape index (κ1) is 21.2. The highest BCUT2D eigenvalue weighted by molar-refractivity contribution is 7.44. The summed E-state index contributed by atoms with van der Waals surface area (Å²) in [6.45, 7) is -2.14. The summed E-state index contributed by atoms with van der Waals surface area (Å²) >= 11 is 11.2. The van der Waals surface area contributed by atoms with Gasteiger partial charge >= 0.3 is 18.2 Å². The molecule has 21 heavy (non-hydrogen) atoms. The molecule has 128 valence electrons. The zero-order chi connectivity index (χ0) is 17.1. The van der Waals surface area contributed by atoms with Crippen molar-refractivity contribution in [2.45, 2.75) is 49.8 Å². The summed E-state index contributed by atoms with van der Waals surface area (Å²) in [7, 11) is 0. The van der Waals surface area contributed by atoms with Crippen LogP contribution in [0.25, 0.3) is 0 Å². The number of ether oxygens (including phenoxy) is 1. The smallest absolute Gasteiger partial charge is 0.316 e. The highest BCUT2D eigenvalue weighted by Crippen LogP contribution is 2.43. The molecule has 0 saturated heterocycles. The zero-order valence-corrected chi connectivity index (χ0v) is 13.1. The third kappa shape index (κ3) is 7.85. The van der Waals surface area contributed by atoms with Gasteiger partial charge in [-0.1, -0.05) is 0 Å². The summed E-state index contributed by atoms with van der Waals surface area (Å²) in [5, 5.41) is 0. The molecule has 0 rings (SSSR count). The number of rotatable bonds is 8. The number of halogens is 10. The van der Waals surface area contributed by atoms with Crippen molar-refractivity contribution in [2.75, 3.05) is 6.61 Å². The first-order valence-electron chi connectivity index (χ1n) is 5.57. The lowest BCUT2D eigenvalue weighted by molar-refractivity contribution is -0.366. The quantitative estimate of drug-likeness (QED) is 0.233. The molecule has 0 N–H and O–H groups in total. The average Bonchev–Trinajstić information content (AvgIpc) is 2.20. The van der Waals surface area contributed by atoms with Crippen LogP contribution in [-0.4, -0.2) is 37.7 Å². The van der Waals surface area contributed by atoms with E-state index in [1.165, 1.54) is 6.55 Å². The molecule has 1 unspecified atom stereocenters. The summed E-state index contributed by atoms with van der Waals surface area (Å²) < 4.78 is 104. The highest BCUT2D eigenvalue weighted by atomic mass is 35.7. The average molecular weight is 387 g/mol. The van der Waals surface area contributed by atoms with Crippen LogP contribution in [0.2, 0.25) is 12.6 Å². The minimum absolute atomic E-state index is 0.0410. The zero-order valence-electron chi connectivity index (χ0n) is 10.6. The van der Waals surface area contributed by atoms with Crippen LogP contribution in [0.4, 0.5) is 35.1 Å². The minimum Gasteiger partial charge on any atom is -0.316 e. The van der Waals surface area contributed by atoms with Crippen LogP contribution in [0.3, 0.4) is 0 Å². The lowest BCUT2D eigenvalue weighted by atomic mass is 10.1. The SMILES string of the molecule is C[Si](Cl)(Cl)CCCOC(F)(F)C(F)(F)C(F)CC(F)(F)F. The summed E-state index contributed by atoms with van der Waals surface area (Å²) in [6.07, 6.45) is -17.7. The van der Waals surface area contributed by atoms with Crippen LogP contribution in [0.1, 0.15) is 12.8 Å². The van der Waals surface area contributed by atoms with Gasteiger partial charge in [-0.15, -0.1) is 22.2 Å². The fourth-order valence-electron chi connectivity index (χ4n) is 1.19. The third-order valence-corrected chi connectivity index (χ3v) is 4.60. The van der Waals surface area contributed by atoms with Crippen molar-refractivity contribution in [3.05, 3.63) is 0 Å². The minimum atomic E-state index is -5.61. The predicted molar refractivity (Wildman–Crippen MR) is 64.2 cm³/mol. The fourth-order valence-corrected chi connectivity index (χ4v) is 2.76. The molecule has 0 bridgehead atoms. The molecule has 0 heterocycles. The lowest BCUT2D eigenvalue weighted by Gasteiger charge is -2.29. The number of alkyl halides is 8. The molecule has 0 aliphatic carbocycles. The van der Waals surface area contributed by atoms with E-state index in [9.17, 15) is 35.1 Å². The molecule has 0 aliphatic rings. The van der Waals surface area contributed by atoms with E-state index >= 15 is 0 Å². The van der Waals surface area contributed by atoms with Gasteiger partial charge in [0.05, 0.1) is 13.0 Å². The van der Waals surface area contributed by atoms with Crippen LogP contribution in [0.5, 0.6) is 0 Å². The molecule has 0 aliphatic heterocycles. The van der Waals surface area contributed by atoms with Gasteiger partial charge in [-0.3, -0.25) is 0 Å². The largest absolute Gasteiger partial charge is 0.422 e. The molecule has 0 aromatic rings. The van der Waals surface area contributed by atoms with E-state index < -0.39 is 44.1 Å². The molecule has 0 spiro atoms. The Kier molecular flexibility index (Phi) is 7.25. The van der Waals surface area contributed by atoms with Crippen LogP contribution < -0.4 is 0 Å². The van der Waals surface area contributed by atoms with Gasteiger partial charge in [-0.05, 0) is 19.0 Å². The second kappa shape index (κ2) is 7.18. The standard InChI is InChI=1S/C9H12Cl2F8OSi/c1-21(10,11)4-2-3-20-9(18,19)8(16,17)6(12)5-7(13,14)15/h6H,2-5H2,1H3. The molecular formula is C9H12Cl2F8OSi. The maximum Gasteiger partial charge on any atom is 0.422 e. The Labute approximate surface area is 125 Å². The molecule has 12 heteroatoms. The van der Waals surface area contributed by atoms with Gasteiger partial charge < -0.3 is 4.74 Å². The van der Waals surface area contributed by atoms with Crippen molar-refractivity contribution in [3.8, 4) is 0 Å². The van der Waals surface area contributed by atoms with Crippen LogP contribution >= 0.6 is 22.2 Å². The first-order chi connectivity index (χ1) is 9.08. The Morgan fingerprint density at radius 3 is 1.90 bits per heavy atom. The van der Waals surface area contributed by atoms with Crippen LogP contribution in [0.15, 0.2) is 0 Å². The Bertz CT molecular complexity index is 331. The summed E-state index contributed by atoms with van der Waals surface area (Å²) in [4.78, 5) is 0. The maximum absolute atomic E-state index is 13.0. The van der Waals surface area contributed by atoms with Crippen LogP contribution in [0, 0.1) is 0 Å². The molecule has 1 atom stereocenters. The van der Waals surface area contributed by atoms with E-state index in [2.05, 4.69) is 4.74 Å². The lowest BCUT2D eigenvalue weighted by Crippen LogP contribution is -2.51. The van der Waals surface area contributed by atoms with E-state index in [4.69, 9.17) is 22.2 Å². The number of hydrogen-bond donors (Lipinski definition) is 0. The summed E-state index contributed by atoms with van der Waals surface area (Å²) in [6, 6.07) is 0.0410. The first-order valence-corrected chi connectivity index (χ1v) is 10.3. The normalized spacial score (nSPS) is 16.1. The molecule has 0 fully saturated rings. The molecular weight excluding hydrogens is 375 g/mol. The Morgan fingerprint density at radius 1 is 1.05 bits per heavy atom. The van der Waals surface area contributed by atoms with Crippen molar-refractivity contribution in [3.63, 3.8) is 0 Å². The van der Waals surface area contributed by atoms with Crippen molar-refractivity contribution in [1.29, 1.82) is 0 Å². The van der Waals surface area contributed by atoms with E-state index in [0.717, 1.165) is 0 Å². The van der Waals surface area contributed by atoms with Gasteiger partial charge in [-0.2, -0.15) is 30.7 Å². The topological polar surface area (TPSA) is 9.23 Å². The van der Waals surface area contributed by atoms with Crippen molar-refractivity contribution >= 4 is 28.9 Å². The van der Waals surface area contributed by atoms with Gasteiger partial charge in [0.1, 0.15) is 0 Å². The molecule has 0 amide bonds. The molecule has 0 aromatic carbocycles. The van der Waals surface area contributed by atoms with Crippen LogP contribution in [-0.2, 0) is 4.74 Å². The summed E-state index contributed by atoms with van der Waals surface area (Å²) in [5.74, 6) is -5.61. The summed E-state index contributed by atoms with van der Waals surface area (Å²) in [5.41, 5.74) is 0. The van der Waals surface area contributed by atoms with E-state index in [1.807, 2.05) is 0 Å². The Morgan fingerprint density at radius 2 is 1.52 bits per heavy atom. The van der Waals surface area contributed by atoms with Crippen molar-refractivity contribution < 1.29 is 39.9 Å². The molecule has 0 aromatic heterocycles. The van der Waals surface area contributed by atoms with Gasteiger partial charge in [0.2, 0.25) is 6.69 Å². The van der Waals surface area contributed by atoms with E-state index in [1.54, 1.807) is 0 Å². The van der Waals surface area contributed by atoms with Crippen molar-refractivity contribution in [2.24, 2.45) is 0 Å². The Hall–Kier alpha value is 0.197. The van der Waals surface area contributed by atoms with Gasteiger partial charge in [0.15, 0.2) is 6.17 Å². The van der Waals surface area contributed by atoms with Gasteiger partial charge in [-0.25, -0.2) is 4.39 Å². The Balaban J connectivity index is 4.58. The third-order valence-electron chi connectivity index (χ3n) is 2.24. The second-order valence-electron chi connectivity index (χ2n) is 4.45. The second-order valence-corrected chi connectivity index (χ2v) is 12.7. The predicted octanol–water partition coefficient (Wildman–Crippen LogP) is 5.46. The molecule has 0 saturated carbocycles. The van der Waals surface area contributed by atoms with Crippen molar-refractivity contribution in [1.82, 2.24) is 0 Å². The monoisotopic (exact) mass is 386 g/mol. The molecule has 1 nitrogen and oxygen atoms in total. The maximum atomic E-state index is 13.0. The van der Waals surface area contributed by atoms with Gasteiger partial charge in [0.25, 0.3) is 0 Å². The van der Waals surface area contributed by atoms with E-state index in [0.29, 0.717) is 0 Å². The molecule has 0 radical (unpaired) electrons. The van der Waals surface area contributed by atoms with Gasteiger partial charge in [0, 0.05) is 0 Å². The fraction of sp³-hybridized carbons (Fsp3) is 1.00. The van der Waals surface area contributed by atoms with E-state index in [-0.39, 0.29) is 12.5 Å².